The molecule has 0 aliphatic heterocycles. The number of allylic oxidation sites excluding steroid dienone is 2. The third-order valence-corrected chi connectivity index (χ3v) is 6.60. The minimum atomic E-state index is -6.62. The van der Waals surface area contributed by atoms with Crippen molar-refractivity contribution in [3.63, 3.8) is 0 Å². The molecule has 4 rings (SSSR count). The zero-order valence-corrected chi connectivity index (χ0v) is 21.1. The van der Waals surface area contributed by atoms with Crippen LogP contribution in [0.4, 0.5) is 83.4 Å². The van der Waals surface area contributed by atoms with E-state index in [0.717, 1.165) is 0 Å². The van der Waals surface area contributed by atoms with E-state index in [1.807, 2.05) is 0 Å². The standard InChI is InChI=1S/C24H2BF19O3/c26-5-1(6(27)13(34)18(39)12(5)33)2-7(28)21(42)22(43)23(44,3-8(29)14(35)19(40)15(36)9(3)30)24(2,47-25(45)46)4-10(31)16(37)20(41)17(38)11(4)32/h45-46H. The Morgan fingerprint density at radius 2 is 0.702 bits per heavy atom. The summed E-state index contributed by atoms with van der Waals surface area (Å²) >= 11 is 0. The molecule has 1 aliphatic carbocycles. The predicted octanol–water partition coefficient (Wildman–Crippen LogP) is 7.36. The van der Waals surface area contributed by atoms with Crippen LogP contribution in [0.3, 0.4) is 0 Å². The Balaban J connectivity index is 2.55. The van der Waals surface area contributed by atoms with Crippen molar-refractivity contribution in [2.45, 2.75) is 11.3 Å². The average Bonchev–Trinajstić information content (AvgIpc) is 3.02. The topological polar surface area (TPSA) is 49.7 Å². The molecule has 252 valence electrons. The lowest BCUT2D eigenvalue weighted by Crippen LogP contribution is -2.57. The zero-order chi connectivity index (χ0) is 36.0. The SMILES string of the molecule is OB(O)OC1(c2c(F)c(F)c(F)c(F)c2F)C(c2c(F)c(F)c(F)c(F)c2F)=C(F)C(F)=C(F)C1(F)c1c(F)c(F)c(F)c(F)c1F. The van der Waals surface area contributed by atoms with Gasteiger partial charge in [-0.3, -0.25) is 0 Å². The number of hydrogen-bond donors (Lipinski definition) is 2. The molecule has 0 saturated heterocycles. The summed E-state index contributed by atoms with van der Waals surface area (Å²) < 4.78 is 285. The summed E-state index contributed by atoms with van der Waals surface area (Å²) in [4.78, 5) is 0. The lowest BCUT2D eigenvalue weighted by atomic mass is 9.63. The van der Waals surface area contributed by atoms with Crippen molar-refractivity contribution in [1.82, 2.24) is 0 Å². The smallest absolute Gasteiger partial charge is 0.402 e. The molecule has 0 saturated carbocycles. The molecule has 2 N–H and O–H groups in total. The molecule has 3 aromatic rings. The van der Waals surface area contributed by atoms with E-state index in [-0.39, 0.29) is 0 Å². The Morgan fingerprint density at radius 3 is 1.04 bits per heavy atom. The monoisotopic (exact) mass is 710 g/mol. The first kappa shape index (κ1) is 35.6. The van der Waals surface area contributed by atoms with Gasteiger partial charge in [-0.2, -0.15) is 0 Å². The Bertz CT molecular complexity index is 1870. The summed E-state index contributed by atoms with van der Waals surface area (Å²) in [7, 11) is -4.40. The summed E-state index contributed by atoms with van der Waals surface area (Å²) in [5, 5.41) is 18.9. The summed E-state index contributed by atoms with van der Waals surface area (Å²) in [5.41, 5.74) is -27.3. The molecule has 23 heteroatoms. The van der Waals surface area contributed by atoms with Gasteiger partial charge in [-0.25, -0.2) is 83.4 Å². The molecule has 0 amide bonds. The van der Waals surface area contributed by atoms with E-state index >= 15 is 43.9 Å². The van der Waals surface area contributed by atoms with Gasteiger partial charge in [-0.1, -0.05) is 0 Å². The van der Waals surface area contributed by atoms with Crippen molar-refractivity contribution < 1.29 is 98.1 Å². The van der Waals surface area contributed by atoms with E-state index in [1.165, 1.54) is 0 Å². The van der Waals surface area contributed by atoms with Crippen LogP contribution in [0.15, 0.2) is 17.5 Å². The van der Waals surface area contributed by atoms with E-state index in [0.29, 0.717) is 0 Å². The number of benzene rings is 3. The molecule has 0 fully saturated rings. The van der Waals surface area contributed by atoms with Gasteiger partial charge >= 0.3 is 7.32 Å². The van der Waals surface area contributed by atoms with E-state index in [9.17, 15) is 49.6 Å². The van der Waals surface area contributed by atoms with Crippen LogP contribution in [0.25, 0.3) is 5.57 Å². The zero-order valence-electron chi connectivity index (χ0n) is 21.1. The molecule has 1 aliphatic rings. The van der Waals surface area contributed by atoms with Gasteiger partial charge in [0.15, 0.2) is 92.9 Å². The fourth-order valence-electron chi connectivity index (χ4n) is 4.71. The quantitative estimate of drug-likeness (QED) is 0.126. The molecular weight excluding hydrogens is 708 g/mol. The third-order valence-electron chi connectivity index (χ3n) is 6.60. The van der Waals surface area contributed by atoms with Crippen molar-refractivity contribution in [3.05, 3.63) is 121 Å². The van der Waals surface area contributed by atoms with Crippen molar-refractivity contribution >= 4 is 12.9 Å². The molecule has 0 heterocycles. The highest BCUT2D eigenvalue weighted by Gasteiger charge is 2.72. The van der Waals surface area contributed by atoms with Crippen LogP contribution in [0.5, 0.6) is 0 Å². The van der Waals surface area contributed by atoms with Crippen LogP contribution in [0, 0.1) is 87.3 Å². The number of rotatable bonds is 5. The number of alkyl halides is 1. The van der Waals surface area contributed by atoms with Gasteiger partial charge in [0.25, 0.3) is 0 Å². The van der Waals surface area contributed by atoms with Gasteiger partial charge in [0, 0.05) is 5.57 Å². The fourth-order valence-corrected chi connectivity index (χ4v) is 4.71. The Labute approximate surface area is 244 Å². The maximum Gasteiger partial charge on any atom is 0.634 e. The highest BCUT2D eigenvalue weighted by atomic mass is 19.2. The van der Waals surface area contributed by atoms with Crippen LogP contribution in [0.2, 0.25) is 0 Å². The molecule has 0 radical (unpaired) electrons. The second-order valence-electron chi connectivity index (χ2n) is 8.94. The summed E-state index contributed by atoms with van der Waals surface area (Å²) in [6.07, 6.45) is 0. The van der Waals surface area contributed by atoms with E-state index in [1.54, 1.807) is 0 Å². The minimum absolute atomic E-state index is 3.25. The number of hydrogen-bond acceptors (Lipinski definition) is 3. The fraction of sp³-hybridized carbons (Fsp3) is 0.0833. The second-order valence-corrected chi connectivity index (χ2v) is 8.94. The van der Waals surface area contributed by atoms with Gasteiger partial charge < -0.3 is 14.7 Å². The van der Waals surface area contributed by atoms with Crippen molar-refractivity contribution in [2.24, 2.45) is 0 Å². The van der Waals surface area contributed by atoms with Crippen LogP contribution in [-0.4, -0.2) is 17.4 Å². The number of halogens is 19. The average molecular weight is 710 g/mol. The molecule has 3 aromatic carbocycles. The second kappa shape index (κ2) is 11.5. The molecule has 0 spiro atoms. The first-order valence-corrected chi connectivity index (χ1v) is 11.3. The van der Waals surface area contributed by atoms with E-state index in [2.05, 4.69) is 4.65 Å². The molecule has 0 aromatic heterocycles. The van der Waals surface area contributed by atoms with Crippen molar-refractivity contribution in [3.8, 4) is 0 Å². The molecule has 0 bridgehead atoms. The lowest BCUT2D eigenvalue weighted by molar-refractivity contribution is -0.0794. The molecule has 2 unspecified atom stereocenters. The van der Waals surface area contributed by atoms with E-state index in [4.69, 9.17) is 0 Å². The van der Waals surface area contributed by atoms with Crippen molar-refractivity contribution in [1.29, 1.82) is 0 Å². The first-order valence-electron chi connectivity index (χ1n) is 11.3. The van der Waals surface area contributed by atoms with Crippen molar-refractivity contribution in [2.75, 3.05) is 0 Å². The van der Waals surface area contributed by atoms with Crippen LogP contribution < -0.4 is 0 Å². The van der Waals surface area contributed by atoms with Gasteiger partial charge in [0.1, 0.15) is 0 Å². The van der Waals surface area contributed by atoms with Gasteiger partial charge in [-0.15, -0.1) is 0 Å². The summed E-state index contributed by atoms with van der Waals surface area (Å²) in [5.74, 6) is -64.7. The molecule has 3 nitrogen and oxygen atoms in total. The largest absolute Gasteiger partial charge is 0.634 e. The maximum absolute atomic E-state index is 17.4. The summed E-state index contributed by atoms with van der Waals surface area (Å²) in [6, 6.07) is 0. The normalized spacial score (nSPS) is 20.1. The summed E-state index contributed by atoms with van der Waals surface area (Å²) in [6.45, 7) is 0. The van der Waals surface area contributed by atoms with Crippen LogP contribution >= 0.6 is 0 Å². The highest BCUT2D eigenvalue weighted by molar-refractivity contribution is 6.33. The van der Waals surface area contributed by atoms with Crippen LogP contribution in [0.1, 0.15) is 16.7 Å². The highest BCUT2D eigenvalue weighted by Crippen LogP contribution is 2.65. The first-order chi connectivity index (χ1) is 21.5. The third kappa shape index (κ3) is 4.45. The molecular formula is C24H2BF19O3. The van der Waals surface area contributed by atoms with Crippen LogP contribution in [-0.2, 0) is 15.9 Å². The van der Waals surface area contributed by atoms with Gasteiger partial charge in [0.05, 0.1) is 16.7 Å². The van der Waals surface area contributed by atoms with Gasteiger partial charge in [-0.05, 0) is 0 Å². The Kier molecular flexibility index (Phi) is 8.69. The van der Waals surface area contributed by atoms with E-state index < -0.39 is 146 Å². The Morgan fingerprint density at radius 1 is 0.404 bits per heavy atom. The molecule has 2 atom stereocenters. The lowest BCUT2D eigenvalue weighted by Gasteiger charge is -2.48. The predicted molar refractivity (Wildman–Crippen MR) is 112 cm³/mol. The molecule has 47 heavy (non-hydrogen) atoms. The van der Waals surface area contributed by atoms with Gasteiger partial charge in [0.2, 0.25) is 23.1 Å². The Hall–Kier alpha value is -4.25. The maximum atomic E-state index is 17.4. The minimum Gasteiger partial charge on any atom is -0.402 e.